The van der Waals surface area contributed by atoms with Crippen LogP contribution in [0, 0.1) is 11.3 Å². The maximum absolute atomic E-state index is 12.2. The molecule has 0 bridgehead atoms. The van der Waals surface area contributed by atoms with Crippen molar-refractivity contribution in [2.45, 2.75) is 25.7 Å². The highest BCUT2D eigenvalue weighted by molar-refractivity contribution is 6.31. The lowest BCUT2D eigenvalue weighted by Gasteiger charge is -2.26. The van der Waals surface area contributed by atoms with Gasteiger partial charge in [0.25, 0.3) is 5.91 Å². The fraction of sp³-hybridized carbons (Fsp3) is 0.412. The first kappa shape index (κ1) is 16.4. The predicted octanol–water partition coefficient (Wildman–Crippen LogP) is 2.89. The molecule has 1 heterocycles. The minimum absolute atomic E-state index is 0.168. The summed E-state index contributed by atoms with van der Waals surface area (Å²) in [6.45, 7) is 2.12. The first-order chi connectivity index (χ1) is 10.7. The Balaban J connectivity index is 1.86. The van der Waals surface area contributed by atoms with E-state index in [1.807, 2.05) is 30.3 Å². The normalized spacial score (nSPS) is 15.3. The van der Waals surface area contributed by atoms with E-state index in [0.29, 0.717) is 6.54 Å². The molecule has 22 heavy (non-hydrogen) atoms. The van der Waals surface area contributed by atoms with Crippen LogP contribution in [0.2, 0.25) is 5.02 Å². The van der Waals surface area contributed by atoms with Gasteiger partial charge in [-0.05, 0) is 37.3 Å². The second-order valence-electron chi connectivity index (χ2n) is 5.32. The van der Waals surface area contributed by atoms with Crippen molar-refractivity contribution in [3.8, 4) is 6.07 Å². The van der Waals surface area contributed by atoms with Crippen molar-refractivity contribution in [2.24, 2.45) is 0 Å². The van der Waals surface area contributed by atoms with Gasteiger partial charge in [0, 0.05) is 30.9 Å². The number of carbonyl (C=O) groups is 1. The molecule has 1 aromatic rings. The number of amides is 1. The zero-order chi connectivity index (χ0) is 15.8. The number of rotatable bonds is 5. The molecular formula is C17H20ClN3O. The molecule has 0 aliphatic carbocycles. The lowest BCUT2D eigenvalue weighted by Crippen LogP contribution is -2.36. The molecule has 1 aliphatic rings. The Bertz CT molecular complexity index is 586. The molecule has 1 aromatic carbocycles. The fourth-order valence-electron chi connectivity index (χ4n) is 2.49. The molecule has 1 N–H and O–H groups in total. The van der Waals surface area contributed by atoms with Gasteiger partial charge >= 0.3 is 0 Å². The van der Waals surface area contributed by atoms with Gasteiger partial charge in [-0.25, -0.2) is 0 Å². The number of nitrogens with one attached hydrogen (secondary N) is 1. The van der Waals surface area contributed by atoms with Crippen LogP contribution in [-0.2, 0) is 11.2 Å². The number of carbonyl (C=O) groups excluding carboxylic acids is 1. The molecule has 0 saturated carbocycles. The molecule has 5 heteroatoms. The van der Waals surface area contributed by atoms with Crippen molar-refractivity contribution < 1.29 is 4.79 Å². The molecule has 2 rings (SSSR count). The van der Waals surface area contributed by atoms with Crippen molar-refractivity contribution in [1.29, 1.82) is 5.26 Å². The summed E-state index contributed by atoms with van der Waals surface area (Å²) in [5.74, 6) is -0.174. The molecule has 1 fully saturated rings. The van der Waals surface area contributed by atoms with E-state index in [2.05, 4.69) is 5.32 Å². The van der Waals surface area contributed by atoms with Crippen LogP contribution >= 0.6 is 11.6 Å². The zero-order valence-corrected chi connectivity index (χ0v) is 13.3. The van der Waals surface area contributed by atoms with Crippen molar-refractivity contribution >= 4 is 17.5 Å². The van der Waals surface area contributed by atoms with Crippen molar-refractivity contribution in [3.63, 3.8) is 0 Å². The largest absolute Gasteiger partial charge is 0.389 e. The minimum atomic E-state index is -0.174. The Morgan fingerprint density at radius 3 is 2.73 bits per heavy atom. The van der Waals surface area contributed by atoms with Gasteiger partial charge in [0.15, 0.2) is 0 Å². The van der Waals surface area contributed by atoms with Gasteiger partial charge in [-0.15, -0.1) is 0 Å². The lowest BCUT2D eigenvalue weighted by atomic mass is 10.1. The van der Waals surface area contributed by atoms with Gasteiger partial charge < -0.3 is 10.2 Å². The molecule has 0 unspecified atom stereocenters. The quantitative estimate of drug-likeness (QED) is 0.516. The van der Waals surface area contributed by atoms with E-state index in [9.17, 15) is 4.79 Å². The summed E-state index contributed by atoms with van der Waals surface area (Å²) in [6.07, 6.45) is 5.46. The van der Waals surface area contributed by atoms with Crippen LogP contribution in [0.4, 0.5) is 0 Å². The van der Waals surface area contributed by atoms with Crippen LogP contribution in [0.3, 0.4) is 0 Å². The van der Waals surface area contributed by atoms with Gasteiger partial charge in [-0.3, -0.25) is 4.79 Å². The number of benzene rings is 1. The van der Waals surface area contributed by atoms with Crippen LogP contribution in [0.25, 0.3) is 0 Å². The highest BCUT2D eigenvalue weighted by Gasteiger charge is 2.19. The van der Waals surface area contributed by atoms with Crippen LogP contribution in [0.15, 0.2) is 36.0 Å². The maximum Gasteiger partial charge on any atom is 0.265 e. The Hall–Kier alpha value is -1.99. The topological polar surface area (TPSA) is 56.1 Å². The number of nitrogens with zero attached hydrogens (tertiary/aromatic N) is 2. The SMILES string of the molecule is N#C/C(=C/NCCc1ccccc1Cl)C(=O)N1CCCCC1. The monoisotopic (exact) mass is 317 g/mol. The summed E-state index contributed by atoms with van der Waals surface area (Å²) in [6, 6.07) is 9.65. The number of likely N-dealkylation sites (tertiary alicyclic amines) is 1. The minimum Gasteiger partial charge on any atom is -0.389 e. The Morgan fingerprint density at radius 1 is 1.32 bits per heavy atom. The molecule has 116 valence electrons. The second-order valence-corrected chi connectivity index (χ2v) is 5.73. The summed E-state index contributed by atoms with van der Waals surface area (Å²) in [5.41, 5.74) is 1.21. The van der Waals surface area contributed by atoms with Crippen LogP contribution in [0.5, 0.6) is 0 Å². The first-order valence-electron chi connectivity index (χ1n) is 7.58. The number of halogens is 1. The van der Waals surface area contributed by atoms with Gasteiger partial charge in [0.05, 0.1) is 0 Å². The molecule has 0 spiro atoms. The van der Waals surface area contributed by atoms with Crippen molar-refractivity contribution in [1.82, 2.24) is 10.2 Å². The summed E-state index contributed by atoms with van der Waals surface area (Å²) in [4.78, 5) is 14.0. The zero-order valence-electron chi connectivity index (χ0n) is 12.5. The van der Waals surface area contributed by atoms with Crippen LogP contribution in [0.1, 0.15) is 24.8 Å². The Labute approximate surface area is 136 Å². The number of nitriles is 1. The lowest BCUT2D eigenvalue weighted by molar-refractivity contribution is -0.127. The van der Waals surface area contributed by atoms with E-state index in [0.717, 1.165) is 49.4 Å². The van der Waals surface area contributed by atoms with Crippen LogP contribution < -0.4 is 5.32 Å². The smallest absolute Gasteiger partial charge is 0.265 e. The summed E-state index contributed by atoms with van der Waals surface area (Å²) in [7, 11) is 0. The summed E-state index contributed by atoms with van der Waals surface area (Å²) >= 11 is 6.09. The van der Waals surface area contributed by atoms with E-state index in [1.165, 1.54) is 6.20 Å². The van der Waals surface area contributed by atoms with E-state index in [1.54, 1.807) is 4.90 Å². The van der Waals surface area contributed by atoms with Gasteiger partial charge in [-0.2, -0.15) is 5.26 Å². The standard InChI is InChI=1S/C17H20ClN3O/c18-16-7-3-2-6-14(16)8-9-20-13-15(12-19)17(22)21-10-4-1-5-11-21/h2-3,6-7,13,20H,1,4-5,8-11H2/b15-13-. The molecule has 1 aliphatic heterocycles. The maximum atomic E-state index is 12.2. The fourth-order valence-corrected chi connectivity index (χ4v) is 2.72. The molecule has 1 amide bonds. The molecule has 4 nitrogen and oxygen atoms in total. The van der Waals surface area contributed by atoms with E-state index in [4.69, 9.17) is 16.9 Å². The third-order valence-corrected chi connectivity index (χ3v) is 4.11. The Morgan fingerprint density at radius 2 is 2.05 bits per heavy atom. The average Bonchev–Trinajstić information content (AvgIpc) is 2.57. The van der Waals surface area contributed by atoms with Crippen molar-refractivity contribution in [3.05, 3.63) is 46.6 Å². The summed E-state index contributed by atoms with van der Waals surface area (Å²) < 4.78 is 0. The molecule has 1 saturated heterocycles. The third kappa shape index (κ3) is 4.51. The first-order valence-corrected chi connectivity index (χ1v) is 7.96. The third-order valence-electron chi connectivity index (χ3n) is 3.74. The van der Waals surface area contributed by atoms with E-state index >= 15 is 0 Å². The highest BCUT2D eigenvalue weighted by atomic mass is 35.5. The second kappa shape index (κ2) is 8.45. The summed E-state index contributed by atoms with van der Waals surface area (Å²) in [5, 5.41) is 12.9. The molecule has 0 radical (unpaired) electrons. The number of piperidine rings is 1. The van der Waals surface area contributed by atoms with E-state index < -0.39 is 0 Å². The van der Waals surface area contributed by atoms with E-state index in [-0.39, 0.29) is 11.5 Å². The van der Waals surface area contributed by atoms with Crippen molar-refractivity contribution in [2.75, 3.05) is 19.6 Å². The van der Waals surface area contributed by atoms with Gasteiger partial charge in [0.2, 0.25) is 0 Å². The number of hydrogen-bond acceptors (Lipinski definition) is 3. The average molecular weight is 318 g/mol. The molecule has 0 atom stereocenters. The van der Waals surface area contributed by atoms with Crippen LogP contribution in [-0.4, -0.2) is 30.4 Å². The number of hydrogen-bond donors (Lipinski definition) is 1. The predicted molar refractivity (Wildman–Crippen MR) is 87.3 cm³/mol. The molecular weight excluding hydrogens is 298 g/mol. The Kier molecular flexibility index (Phi) is 6.29. The molecule has 0 aromatic heterocycles. The highest BCUT2D eigenvalue weighted by Crippen LogP contribution is 2.15. The van der Waals surface area contributed by atoms with Gasteiger partial charge in [0.1, 0.15) is 11.6 Å². The van der Waals surface area contributed by atoms with Gasteiger partial charge in [-0.1, -0.05) is 29.8 Å².